The smallest absolute Gasteiger partial charge is 0.254 e. The summed E-state index contributed by atoms with van der Waals surface area (Å²) >= 11 is 1.32. The van der Waals surface area contributed by atoms with Crippen LogP contribution < -0.4 is 10.9 Å². The van der Waals surface area contributed by atoms with Gasteiger partial charge in [-0.25, -0.2) is 4.98 Å². The van der Waals surface area contributed by atoms with Gasteiger partial charge in [0, 0.05) is 17.3 Å². The van der Waals surface area contributed by atoms with E-state index in [0.29, 0.717) is 22.7 Å². The molecule has 1 aromatic heterocycles. The number of carbonyl (C=O) groups is 1. The van der Waals surface area contributed by atoms with Crippen molar-refractivity contribution in [2.45, 2.75) is 76.9 Å². The highest BCUT2D eigenvalue weighted by atomic mass is 32.2. The zero-order chi connectivity index (χ0) is 19.2. The van der Waals surface area contributed by atoms with Crippen molar-refractivity contribution < 1.29 is 4.79 Å². The highest BCUT2D eigenvalue weighted by molar-refractivity contribution is 7.99. The van der Waals surface area contributed by atoms with E-state index in [2.05, 4.69) is 22.2 Å². The molecule has 4 aliphatic carbocycles. The summed E-state index contributed by atoms with van der Waals surface area (Å²) in [6.07, 6.45) is 8.80. The van der Waals surface area contributed by atoms with Crippen LogP contribution in [-0.4, -0.2) is 27.7 Å². The highest BCUT2D eigenvalue weighted by Gasteiger charge is 2.53. The number of aromatic amines is 1. The molecule has 0 radical (unpaired) electrons. The third-order valence-corrected chi connectivity index (χ3v) is 8.15. The van der Waals surface area contributed by atoms with Crippen LogP contribution in [0, 0.1) is 30.1 Å². The summed E-state index contributed by atoms with van der Waals surface area (Å²) in [6, 6.07) is 0.232. The molecule has 4 saturated carbocycles. The van der Waals surface area contributed by atoms with E-state index in [1.54, 1.807) is 0 Å². The fourth-order valence-electron chi connectivity index (χ4n) is 6.35. The first-order valence-electron chi connectivity index (χ1n) is 10.4. The lowest BCUT2D eigenvalue weighted by atomic mass is 9.48. The monoisotopic (exact) mass is 389 g/mol. The summed E-state index contributed by atoms with van der Waals surface area (Å²) in [5, 5.41) is 3.81. The van der Waals surface area contributed by atoms with E-state index in [9.17, 15) is 9.59 Å². The van der Waals surface area contributed by atoms with Crippen LogP contribution in [-0.2, 0) is 11.2 Å². The number of aromatic nitrogens is 2. The molecule has 1 unspecified atom stereocenters. The van der Waals surface area contributed by atoms with Gasteiger partial charge in [0.25, 0.3) is 5.56 Å². The van der Waals surface area contributed by atoms with Gasteiger partial charge in [0.15, 0.2) is 5.16 Å². The number of aryl methyl sites for hydroxylation is 1. The van der Waals surface area contributed by atoms with E-state index in [1.807, 2.05) is 13.8 Å². The quantitative estimate of drug-likeness (QED) is 0.577. The third kappa shape index (κ3) is 3.69. The second-order valence-electron chi connectivity index (χ2n) is 9.15. The highest BCUT2D eigenvalue weighted by Crippen LogP contribution is 2.61. The Balaban J connectivity index is 1.35. The van der Waals surface area contributed by atoms with Crippen molar-refractivity contribution in [1.29, 1.82) is 0 Å². The maximum absolute atomic E-state index is 12.6. The van der Waals surface area contributed by atoms with Crippen molar-refractivity contribution in [3.63, 3.8) is 0 Å². The summed E-state index contributed by atoms with van der Waals surface area (Å²) in [6.45, 7) is 6.01. The first-order valence-corrected chi connectivity index (χ1v) is 11.4. The number of nitrogens with one attached hydrogen (secondary N) is 2. The first-order chi connectivity index (χ1) is 12.9. The molecule has 5 rings (SSSR count). The van der Waals surface area contributed by atoms with Crippen LogP contribution in [0.5, 0.6) is 0 Å². The van der Waals surface area contributed by atoms with Crippen LogP contribution in [0.2, 0.25) is 0 Å². The predicted octanol–water partition coefficient (Wildman–Crippen LogP) is 3.45. The second kappa shape index (κ2) is 7.26. The van der Waals surface area contributed by atoms with Gasteiger partial charge in [-0.05, 0) is 82.0 Å². The number of carbonyl (C=O) groups excluding carboxylic acids is 1. The van der Waals surface area contributed by atoms with Crippen LogP contribution in [0.4, 0.5) is 0 Å². The Labute approximate surface area is 165 Å². The molecule has 0 saturated heterocycles. The topological polar surface area (TPSA) is 74.8 Å². The van der Waals surface area contributed by atoms with Crippen LogP contribution in [0.15, 0.2) is 9.95 Å². The lowest BCUT2D eigenvalue weighted by Gasteiger charge is -2.59. The zero-order valence-corrected chi connectivity index (χ0v) is 17.5. The van der Waals surface area contributed by atoms with E-state index < -0.39 is 0 Å². The normalized spacial score (nSPS) is 32.5. The number of rotatable bonds is 6. The summed E-state index contributed by atoms with van der Waals surface area (Å²) in [5.74, 6) is 3.01. The Morgan fingerprint density at radius 3 is 2.37 bits per heavy atom. The van der Waals surface area contributed by atoms with Crippen molar-refractivity contribution >= 4 is 17.7 Å². The maximum Gasteiger partial charge on any atom is 0.254 e. The Kier molecular flexibility index (Phi) is 5.12. The molecule has 27 heavy (non-hydrogen) atoms. The summed E-state index contributed by atoms with van der Waals surface area (Å²) in [7, 11) is 0. The molecule has 0 aromatic carbocycles. The number of nitrogens with zero attached hydrogens (tertiary/aromatic N) is 1. The molecule has 4 fully saturated rings. The molecular formula is C21H31N3O2S. The number of thioether (sulfide) groups is 1. The fourth-order valence-corrected chi connectivity index (χ4v) is 7.06. The van der Waals surface area contributed by atoms with Crippen molar-refractivity contribution in [3.05, 3.63) is 21.6 Å². The Morgan fingerprint density at radius 1 is 1.26 bits per heavy atom. The largest absolute Gasteiger partial charge is 0.352 e. The molecular weight excluding hydrogens is 358 g/mol. The zero-order valence-electron chi connectivity index (χ0n) is 16.6. The van der Waals surface area contributed by atoms with Gasteiger partial charge >= 0.3 is 0 Å². The first kappa shape index (κ1) is 19.0. The number of hydrogen-bond acceptors (Lipinski definition) is 4. The van der Waals surface area contributed by atoms with Gasteiger partial charge in [0.1, 0.15) is 0 Å². The minimum Gasteiger partial charge on any atom is -0.352 e. The van der Waals surface area contributed by atoms with Gasteiger partial charge in [-0.3, -0.25) is 9.59 Å². The molecule has 1 aromatic rings. The fraction of sp³-hybridized carbons (Fsp3) is 0.762. The number of H-pyrrole nitrogens is 1. The standard InChI is InChI=1S/C21H31N3O2S/c1-4-17-12(2)22-20(24-19(17)26)27-11-18(25)23-13(3)21-8-14-5-15(9-21)7-16(6-14)10-21/h13-16H,4-11H2,1-3H3,(H,23,25)(H,22,24,26). The molecule has 0 spiro atoms. The van der Waals surface area contributed by atoms with Gasteiger partial charge in [-0.1, -0.05) is 18.7 Å². The summed E-state index contributed by atoms with van der Waals surface area (Å²) < 4.78 is 0. The Morgan fingerprint density at radius 2 is 1.85 bits per heavy atom. The molecule has 1 atom stereocenters. The molecule has 6 heteroatoms. The molecule has 2 N–H and O–H groups in total. The molecule has 4 aliphatic rings. The van der Waals surface area contributed by atoms with Gasteiger partial charge < -0.3 is 10.3 Å². The minimum atomic E-state index is -0.0881. The van der Waals surface area contributed by atoms with Gasteiger partial charge in [0.2, 0.25) is 5.91 Å². The molecule has 1 amide bonds. The molecule has 5 nitrogen and oxygen atoms in total. The van der Waals surface area contributed by atoms with Gasteiger partial charge in [-0.15, -0.1) is 0 Å². The SMILES string of the molecule is CCc1c(C)nc(SCC(=O)NC(C)C23CC4CC(CC(C4)C2)C3)[nH]c1=O. The van der Waals surface area contributed by atoms with Crippen molar-refractivity contribution in [2.75, 3.05) is 5.75 Å². The van der Waals surface area contributed by atoms with Crippen molar-refractivity contribution in [3.8, 4) is 0 Å². The number of amides is 1. The Hall–Kier alpha value is -1.30. The maximum atomic E-state index is 12.6. The van der Waals surface area contributed by atoms with Crippen molar-refractivity contribution in [2.24, 2.45) is 23.2 Å². The summed E-state index contributed by atoms with van der Waals surface area (Å²) in [5.41, 5.74) is 1.71. The molecule has 1 heterocycles. The van der Waals surface area contributed by atoms with E-state index >= 15 is 0 Å². The lowest BCUT2D eigenvalue weighted by Crippen LogP contribution is -2.56. The van der Waals surface area contributed by atoms with E-state index in [0.717, 1.165) is 29.0 Å². The van der Waals surface area contributed by atoms with Gasteiger partial charge in [-0.2, -0.15) is 0 Å². The van der Waals surface area contributed by atoms with Gasteiger partial charge in [0.05, 0.1) is 5.75 Å². The van der Waals surface area contributed by atoms with Crippen molar-refractivity contribution in [1.82, 2.24) is 15.3 Å². The van der Waals surface area contributed by atoms with Crippen LogP contribution in [0.25, 0.3) is 0 Å². The van der Waals surface area contributed by atoms with Crippen LogP contribution in [0.3, 0.4) is 0 Å². The molecule has 4 bridgehead atoms. The van der Waals surface area contributed by atoms with Crippen LogP contribution in [0.1, 0.15) is 63.6 Å². The Bertz CT molecular complexity index is 753. The van der Waals surface area contributed by atoms with E-state index in [-0.39, 0.29) is 17.5 Å². The molecule has 0 aliphatic heterocycles. The average molecular weight is 390 g/mol. The molecule has 148 valence electrons. The predicted molar refractivity (Wildman–Crippen MR) is 108 cm³/mol. The summed E-state index contributed by atoms with van der Waals surface area (Å²) in [4.78, 5) is 31.9. The lowest BCUT2D eigenvalue weighted by molar-refractivity contribution is -0.123. The number of hydrogen-bond donors (Lipinski definition) is 2. The third-order valence-electron chi connectivity index (χ3n) is 7.28. The second-order valence-corrected chi connectivity index (χ2v) is 10.1. The average Bonchev–Trinajstić information content (AvgIpc) is 2.58. The van der Waals surface area contributed by atoms with Crippen LogP contribution >= 0.6 is 11.8 Å². The van der Waals surface area contributed by atoms with E-state index in [1.165, 1.54) is 50.3 Å². The van der Waals surface area contributed by atoms with E-state index in [4.69, 9.17) is 0 Å². The minimum absolute atomic E-state index is 0.0446.